The van der Waals surface area contributed by atoms with Crippen LogP contribution in [-0.4, -0.2) is 12.2 Å². The number of phenols is 1. The summed E-state index contributed by atoms with van der Waals surface area (Å²) in [6.45, 7) is 0.510. The van der Waals surface area contributed by atoms with Gasteiger partial charge in [0.1, 0.15) is 35.7 Å². The van der Waals surface area contributed by atoms with Crippen molar-refractivity contribution >= 4 is 0 Å². The molecule has 0 bridgehead atoms. The van der Waals surface area contributed by atoms with Gasteiger partial charge in [-0.05, 0) is 42.2 Å². The molecule has 0 saturated carbocycles. The van der Waals surface area contributed by atoms with Crippen LogP contribution in [0.25, 0.3) is 0 Å². The minimum absolute atomic E-state index is 0.113. The van der Waals surface area contributed by atoms with Crippen LogP contribution >= 0.6 is 0 Å². The molecule has 3 aromatic carbocycles. The van der Waals surface area contributed by atoms with Gasteiger partial charge in [0.2, 0.25) is 0 Å². The fourth-order valence-electron chi connectivity index (χ4n) is 3.37. The number of benzene rings is 3. The molecule has 1 N–H and O–H groups in total. The van der Waals surface area contributed by atoms with Crippen molar-refractivity contribution in [3.05, 3.63) is 83.4 Å². The number of hydrogen-bond acceptors (Lipinski definition) is 4. The molecule has 4 heteroatoms. The summed E-state index contributed by atoms with van der Waals surface area (Å²) in [5, 5.41) is 9.71. The summed E-state index contributed by atoms with van der Waals surface area (Å²) in [5.41, 5.74) is 3.22. The van der Waals surface area contributed by atoms with Gasteiger partial charge in [-0.15, -0.1) is 0 Å². The van der Waals surface area contributed by atoms with Crippen molar-refractivity contribution in [3.63, 3.8) is 0 Å². The fourth-order valence-corrected chi connectivity index (χ4v) is 3.37. The first-order valence-corrected chi connectivity index (χ1v) is 9.06. The average Bonchev–Trinajstić information content (AvgIpc) is 2.72. The number of fused-ring (bicyclic) bond motifs is 1. The molecule has 3 aromatic rings. The SMILES string of the molecule is COc1cc(OCc2ccccc2)ccc1C1CCc2ccc(O)cc2O1. The van der Waals surface area contributed by atoms with E-state index in [0.717, 1.165) is 46.8 Å². The highest BCUT2D eigenvalue weighted by Crippen LogP contribution is 2.40. The van der Waals surface area contributed by atoms with E-state index in [2.05, 4.69) is 0 Å². The zero-order valence-corrected chi connectivity index (χ0v) is 15.2. The van der Waals surface area contributed by atoms with Gasteiger partial charge in [0.25, 0.3) is 0 Å². The minimum atomic E-state index is -0.113. The third-order valence-corrected chi connectivity index (χ3v) is 4.80. The summed E-state index contributed by atoms with van der Waals surface area (Å²) in [7, 11) is 1.66. The number of aryl methyl sites for hydroxylation is 1. The molecule has 1 aliphatic heterocycles. The number of aromatic hydroxyl groups is 1. The van der Waals surface area contributed by atoms with Gasteiger partial charge in [-0.25, -0.2) is 0 Å². The molecule has 1 atom stereocenters. The molecular formula is C23H22O4. The Kier molecular flexibility index (Phi) is 4.88. The maximum Gasteiger partial charge on any atom is 0.129 e. The minimum Gasteiger partial charge on any atom is -0.508 e. The third kappa shape index (κ3) is 3.85. The number of methoxy groups -OCH3 is 1. The monoisotopic (exact) mass is 362 g/mol. The van der Waals surface area contributed by atoms with Gasteiger partial charge in [-0.3, -0.25) is 0 Å². The van der Waals surface area contributed by atoms with E-state index in [1.54, 1.807) is 19.2 Å². The zero-order chi connectivity index (χ0) is 18.6. The molecule has 1 unspecified atom stereocenters. The van der Waals surface area contributed by atoms with Gasteiger partial charge < -0.3 is 19.3 Å². The second kappa shape index (κ2) is 7.62. The molecule has 1 aliphatic rings. The predicted octanol–water partition coefficient (Wildman–Crippen LogP) is 5.05. The van der Waals surface area contributed by atoms with Crippen LogP contribution in [0.4, 0.5) is 0 Å². The summed E-state index contributed by atoms with van der Waals surface area (Å²) < 4.78 is 17.6. The van der Waals surface area contributed by atoms with Gasteiger partial charge in [-0.2, -0.15) is 0 Å². The lowest BCUT2D eigenvalue weighted by Crippen LogP contribution is -2.16. The first-order chi connectivity index (χ1) is 13.2. The van der Waals surface area contributed by atoms with Crippen LogP contribution in [-0.2, 0) is 13.0 Å². The van der Waals surface area contributed by atoms with Crippen molar-refractivity contribution in [2.24, 2.45) is 0 Å². The molecule has 0 fully saturated rings. The van der Waals surface area contributed by atoms with Crippen molar-refractivity contribution in [1.29, 1.82) is 0 Å². The number of hydrogen-bond donors (Lipinski definition) is 1. The van der Waals surface area contributed by atoms with Gasteiger partial charge in [0.05, 0.1) is 7.11 Å². The lowest BCUT2D eigenvalue weighted by molar-refractivity contribution is 0.171. The van der Waals surface area contributed by atoms with E-state index >= 15 is 0 Å². The van der Waals surface area contributed by atoms with E-state index in [4.69, 9.17) is 14.2 Å². The van der Waals surface area contributed by atoms with Gasteiger partial charge in [0, 0.05) is 17.7 Å². The molecule has 27 heavy (non-hydrogen) atoms. The molecule has 4 nitrogen and oxygen atoms in total. The van der Waals surface area contributed by atoms with E-state index in [0.29, 0.717) is 6.61 Å². The van der Waals surface area contributed by atoms with Gasteiger partial charge >= 0.3 is 0 Å². The Morgan fingerprint density at radius 3 is 2.70 bits per heavy atom. The van der Waals surface area contributed by atoms with Gasteiger partial charge in [0.15, 0.2) is 0 Å². The normalized spacial score (nSPS) is 15.5. The Morgan fingerprint density at radius 2 is 1.89 bits per heavy atom. The second-order valence-electron chi connectivity index (χ2n) is 6.62. The maximum absolute atomic E-state index is 9.71. The lowest BCUT2D eigenvalue weighted by atomic mass is 9.96. The molecule has 0 radical (unpaired) electrons. The van der Waals surface area contributed by atoms with Crippen molar-refractivity contribution in [1.82, 2.24) is 0 Å². The highest BCUT2D eigenvalue weighted by molar-refractivity contribution is 5.46. The Labute approximate surface area is 158 Å². The molecule has 0 saturated heterocycles. The first kappa shape index (κ1) is 17.3. The molecule has 0 aromatic heterocycles. The summed E-state index contributed by atoms with van der Waals surface area (Å²) in [4.78, 5) is 0. The summed E-state index contributed by atoms with van der Waals surface area (Å²) in [5.74, 6) is 2.45. The molecule has 1 heterocycles. The number of rotatable bonds is 5. The smallest absolute Gasteiger partial charge is 0.129 e. The van der Waals surface area contributed by atoms with Crippen molar-refractivity contribution in [2.45, 2.75) is 25.6 Å². The Morgan fingerprint density at radius 1 is 1.04 bits per heavy atom. The van der Waals surface area contributed by atoms with Gasteiger partial charge in [-0.1, -0.05) is 36.4 Å². The van der Waals surface area contributed by atoms with Crippen LogP contribution in [0.15, 0.2) is 66.7 Å². The Bertz CT molecular complexity index is 921. The molecule has 4 rings (SSSR count). The van der Waals surface area contributed by atoms with Crippen LogP contribution in [0.1, 0.15) is 29.2 Å². The van der Waals surface area contributed by atoms with E-state index in [-0.39, 0.29) is 11.9 Å². The lowest BCUT2D eigenvalue weighted by Gasteiger charge is -2.27. The quantitative estimate of drug-likeness (QED) is 0.690. The zero-order valence-electron chi connectivity index (χ0n) is 15.2. The van der Waals surface area contributed by atoms with E-state index < -0.39 is 0 Å². The van der Waals surface area contributed by atoms with Crippen LogP contribution < -0.4 is 14.2 Å². The van der Waals surface area contributed by atoms with E-state index in [1.807, 2.05) is 54.6 Å². The highest BCUT2D eigenvalue weighted by Gasteiger charge is 2.24. The van der Waals surface area contributed by atoms with Crippen LogP contribution in [0.3, 0.4) is 0 Å². The molecule has 138 valence electrons. The maximum atomic E-state index is 9.71. The van der Waals surface area contributed by atoms with E-state index in [9.17, 15) is 5.11 Å². The third-order valence-electron chi connectivity index (χ3n) is 4.80. The van der Waals surface area contributed by atoms with Crippen LogP contribution in [0, 0.1) is 0 Å². The van der Waals surface area contributed by atoms with Crippen molar-refractivity contribution < 1.29 is 19.3 Å². The summed E-state index contributed by atoms with van der Waals surface area (Å²) in [6.07, 6.45) is 1.64. The molecule has 0 spiro atoms. The predicted molar refractivity (Wildman–Crippen MR) is 104 cm³/mol. The highest BCUT2D eigenvalue weighted by atomic mass is 16.5. The van der Waals surface area contributed by atoms with Crippen molar-refractivity contribution in [2.75, 3.05) is 7.11 Å². The molecule has 0 amide bonds. The largest absolute Gasteiger partial charge is 0.508 e. The molecular weight excluding hydrogens is 340 g/mol. The topological polar surface area (TPSA) is 47.9 Å². The van der Waals surface area contributed by atoms with Crippen molar-refractivity contribution in [3.8, 4) is 23.0 Å². The Balaban J connectivity index is 1.51. The number of phenolic OH excluding ortho intramolecular Hbond substituents is 1. The van der Waals surface area contributed by atoms with Crippen LogP contribution in [0.2, 0.25) is 0 Å². The van der Waals surface area contributed by atoms with E-state index in [1.165, 1.54) is 0 Å². The molecule has 0 aliphatic carbocycles. The number of ether oxygens (including phenoxy) is 3. The average molecular weight is 362 g/mol. The fraction of sp³-hybridized carbons (Fsp3) is 0.217. The van der Waals surface area contributed by atoms with Crippen LogP contribution in [0.5, 0.6) is 23.0 Å². The Hall–Kier alpha value is -3.14. The summed E-state index contributed by atoms with van der Waals surface area (Å²) in [6, 6.07) is 21.2. The summed E-state index contributed by atoms with van der Waals surface area (Å²) >= 11 is 0. The first-order valence-electron chi connectivity index (χ1n) is 9.06. The standard InChI is InChI=1S/C23H22O4/c1-25-23-14-19(26-15-16-5-3-2-4-6-16)10-11-20(23)21-12-8-17-7-9-18(24)13-22(17)27-21/h2-7,9-11,13-14,21,24H,8,12,15H2,1H3. The second-order valence-corrected chi connectivity index (χ2v) is 6.62.